The molecule has 8 nitrogen and oxygen atoms in total. The van der Waals surface area contributed by atoms with Crippen LogP contribution in [0.3, 0.4) is 0 Å². The molecule has 0 saturated carbocycles. The summed E-state index contributed by atoms with van der Waals surface area (Å²) < 4.78 is 5.07. The molecule has 2 aromatic carbocycles. The molecule has 0 bridgehead atoms. The fraction of sp³-hybridized carbons (Fsp3) is 0.136. The fourth-order valence-electron chi connectivity index (χ4n) is 3.12. The Balaban J connectivity index is 1.30. The summed E-state index contributed by atoms with van der Waals surface area (Å²) in [6, 6.07) is 17.3. The molecule has 6 N–H and O–H groups in total. The zero-order valence-corrected chi connectivity index (χ0v) is 16.3. The van der Waals surface area contributed by atoms with Gasteiger partial charge < -0.3 is 26.5 Å². The van der Waals surface area contributed by atoms with Crippen LogP contribution in [-0.2, 0) is 13.0 Å². The number of nitrogens with zero attached hydrogens (tertiary/aromatic N) is 2. The monoisotopic (exact) mass is 402 g/mol. The van der Waals surface area contributed by atoms with Crippen molar-refractivity contribution in [3.05, 3.63) is 77.7 Å². The zero-order valence-electron chi connectivity index (χ0n) is 16.3. The van der Waals surface area contributed by atoms with Gasteiger partial charge in [-0.15, -0.1) is 0 Å². The number of hydrogen-bond acceptors (Lipinski definition) is 7. The third-order valence-electron chi connectivity index (χ3n) is 4.71. The number of amides is 1. The number of furan rings is 1. The second-order valence-electron chi connectivity index (χ2n) is 6.85. The van der Waals surface area contributed by atoms with E-state index < -0.39 is 0 Å². The summed E-state index contributed by atoms with van der Waals surface area (Å²) in [7, 11) is 0. The van der Waals surface area contributed by atoms with Crippen molar-refractivity contribution in [2.75, 3.05) is 23.3 Å². The van der Waals surface area contributed by atoms with Gasteiger partial charge in [0.15, 0.2) is 5.76 Å². The van der Waals surface area contributed by atoms with E-state index in [4.69, 9.17) is 15.9 Å². The molecule has 0 radical (unpaired) electrons. The van der Waals surface area contributed by atoms with Gasteiger partial charge in [-0.05, 0) is 47.9 Å². The lowest BCUT2D eigenvalue weighted by Gasteiger charge is -2.10. The van der Waals surface area contributed by atoms with Crippen molar-refractivity contribution < 1.29 is 9.21 Å². The molecule has 30 heavy (non-hydrogen) atoms. The maximum Gasteiger partial charge on any atom is 0.286 e. The van der Waals surface area contributed by atoms with Crippen molar-refractivity contribution in [3.8, 4) is 0 Å². The van der Waals surface area contributed by atoms with Gasteiger partial charge in [-0.2, -0.15) is 4.98 Å². The molecule has 0 spiro atoms. The molecule has 0 atom stereocenters. The van der Waals surface area contributed by atoms with Gasteiger partial charge in [-0.25, -0.2) is 4.98 Å². The molecule has 0 saturated heterocycles. The second-order valence-corrected chi connectivity index (χ2v) is 6.85. The molecule has 0 fully saturated rings. The first-order chi connectivity index (χ1) is 14.6. The van der Waals surface area contributed by atoms with Crippen molar-refractivity contribution in [2.45, 2.75) is 13.0 Å². The molecule has 2 aromatic heterocycles. The summed E-state index contributed by atoms with van der Waals surface area (Å²) in [5.74, 6) is 0.651. The Kier molecular flexibility index (Phi) is 5.47. The summed E-state index contributed by atoms with van der Waals surface area (Å²) in [4.78, 5) is 20.0. The van der Waals surface area contributed by atoms with Crippen LogP contribution >= 0.6 is 0 Å². The van der Waals surface area contributed by atoms with Gasteiger partial charge in [0.1, 0.15) is 5.82 Å². The molecule has 4 rings (SSSR count). The number of rotatable bonds is 7. The van der Waals surface area contributed by atoms with E-state index in [1.54, 1.807) is 12.1 Å². The van der Waals surface area contributed by atoms with Gasteiger partial charge in [0, 0.05) is 24.2 Å². The average Bonchev–Trinajstić information content (AvgIpc) is 3.28. The highest BCUT2D eigenvalue weighted by atomic mass is 16.3. The Morgan fingerprint density at radius 1 is 1.00 bits per heavy atom. The standard InChI is InChI=1S/C22H22N6O2/c23-20-17-12-16(7-8-18(17)27-22(24)28-20)26-13-15-5-3-14(4-6-15)9-10-25-21(29)19-2-1-11-30-19/h1-8,11-12,26H,9-10,13H2,(H,25,29)(H4,23,24,27,28). The Morgan fingerprint density at radius 3 is 2.57 bits per heavy atom. The summed E-state index contributed by atoms with van der Waals surface area (Å²) in [5, 5.41) is 6.99. The Morgan fingerprint density at radius 2 is 1.80 bits per heavy atom. The van der Waals surface area contributed by atoms with E-state index in [-0.39, 0.29) is 11.9 Å². The summed E-state index contributed by atoms with van der Waals surface area (Å²) in [6.07, 6.45) is 2.23. The first kappa shape index (κ1) is 19.3. The van der Waals surface area contributed by atoms with Crippen LogP contribution in [0.25, 0.3) is 10.9 Å². The predicted octanol–water partition coefficient (Wildman–Crippen LogP) is 2.97. The molecular weight excluding hydrogens is 380 g/mol. The van der Waals surface area contributed by atoms with Crippen molar-refractivity contribution in [1.29, 1.82) is 0 Å². The third-order valence-corrected chi connectivity index (χ3v) is 4.71. The van der Waals surface area contributed by atoms with E-state index in [0.717, 1.165) is 28.6 Å². The van der Waals surface area contributed by atoms with Crippen LogP contribution < -0.4 is 22.1 Å². The molecular formula is C22H22N6O2. The van der Waals surface area contributed by atoms with E-state index in [2.05, 4.69) is 44.9 Å². The largest absolute Gasteiger partial charge is 0.459 e. The first-order valence-corrected chi connectivity index (χ1v) is 9.54. The highest BCUT2D eigenvalue weighted by molar-refractivity contribution is 5.92. The zero-order chi connectivity index (χ0) is 20.9. The van der Waals surface area contributed by atoms with E-state index in [1.165, 1.54) is 6.26 Å². The van der Waals surface area contributed by atoms with E-state index in [1.807, 2.05) is 18.2 Å². The van der Waals surface area contributed by atoms with Gasteiger partial charge >= 0.3 is 0 Å². The highest BCUT2D eigenvalue weighted by Gasteiger charge is 2.07. The Hall–Kier alpha value is -4.07. The van der Waals surface area contributed by atoms with Crippen LogP contribution in [0.4, 0.5) is 17.5 Å². The van der Waals surface area contributed by atoms with Crippen LogP contribution in [0, 0.1) is 0 Å². The van der Waals surface area contributed by atoms with Crippen LogP contribution in [0.2, 0.25) is 0 Å². The number of benzene rings is 2. The topological polar surface area (TPSA) is 132 Å². The van der Waals surface area contributed by atoms with Crippen molar-refractivity contribution in [3.63, 3.8) is 0 Å². The van der Waals surface area contributed by atoms with Gasteiger partial charge in [-0.3, -0.25) is 4.79 Å². The lowest BCUT2D eigenvalue weighted by atomic mass is 10.1. The fourth-order valence-corrected chi connectivity index (χ4v) is 3.12. The van der Waals surface area contributed by atoms with Gasteiger partial charge in [0.2, 0.25) is 5.95 Å². The number of fused-ring (bicyclic) bond motifs is 1. The second kappa shape index (κ2) is 8.52. The van der Waals surface area contributed by atoms with E-state index in [9.17, 15) is 4.79 Å². The Bertz CT molecular complexity index is 1160. The van der Waals surface area contributed by atoms with Crippen molar-refractivity contribution >= 4 is 34.3 Å². The van der Waals surface area contributed by atoms with Crippen LogP contribution in [0.15, 0.2) is 65.3 Å². The molecule has 8 heteroatoms. The number of carbonyl (C=O) groups is 1. The lowest BCUT2D eigenvalue weighted by Crippen LogP contribution is -2.25. The first-order valence-electron chi connectivity index (χ1n) is 9.54. The number of nitrogen functional groups attached to an aromatic ring is 2. The minimum atomic E-state index is -0.204. The minimum absolute atomic E-state index is 0.168. The number of aromatic nitrogens is 2. The summed E-state index contributed by atoms with van der Waals surface area (Å²) in [5.41, 5.74) is 15.5. The van der Waals surface area contributed by atoms with Gasteiger partial charge in [-0.1, -0.05) is 24.3 Å². The predicted molar refractivity (Wildman–Crippen MR) is 117 cm³/mol. The minimum Gasteiger partial charge on any atom is -0.459 e. The quantitative estimate of drug-likeness (QED) is 0.373. The molecule has 0 aliphatic carbocycles. The lowest BCUT2D eigenvalue weighted by molar-refractivity contribution is 0.0926. The number of nitrogens with one attached hydrogen (secondary N) is 2. The van der Waals surface area contributed by atoms with Crippen molar-refractivity contribution in [1.82, 2.24) is 15.3 Å². The van der Waals surface area contributed by atoms with E-state index in [0.29, 0.717) is 30.2 Å². The highest BCUT2D eigenvalue weighted by Crippen LogP contribution is 2.23. The Labute approximate surface area is 173 Å². The third kappa shape index (κ3) is 4.49. The maximum absolute atomic E-state index is 11.9. The number of anilines is 3. The molecule has 4 aromatic rings. The van der Waals surface area contributed by atoms with Crippen molar-refractivity contribution in [2.24, 2.45) is 0 Å². The van der Waals surface area contributed by atoms with Crippen LogP contribution in [0.5, 0.6) is 0 Å². The molecule has 0 unspecified atom stereocenters. The summed E-state index contributed by atoms with van der Waals surface area (Å²) >= 11 is 0. The molecule has 152 valence electrons. The molecule has 0 aliphatic heterocycles. The van der Waals surface area contributed by atoms with Crippen LogP contribution in [-0.4, -0.2) is 22.4 Å². The van der Waals surface area contributed by atoms with Gasteiger partial charge in [0.25, 0.3) is 5.91 Å². The molecule has 0 aliphatic rings. The van der Waals surface area contributed by atoms with Gasteiger partial charge in [0.05, 0.1) is 11.8 Å². The van der Waals surface area contributed by atoms with E-state index >= 15 is 0 Å². The maximum atomic E-state index is 11.9. The number of nitrogens with two attached hydrogens (primary N) is 2. The van der Waals surface area contributed by atoms with Crippen LogP contribution in [0.1, 0.15) is 21.7 Å². The number of hydrogen-bond donors (Lipinski definition) is 4. The smallest absolute Gasteiger partial charge is 0.286 e. The SMILES string of the molecule is Nc1nc(N)c2cc(NCc3ccc(CCNC(=O)c4ccco4)cc3)ccc2n1. The molecule has 2 heterocycles. The number of carbonyl (C=O) groups excluding carboxylic acids is 1. The summed E-state index contributed by atoms with van der Waals surface area (Å²) in [6.45, 7) is 1.21. The normalized spacial score (nSPS) is 10.8. The molecule has 1 amide bonds. The average molecular weight is 402 g/mol.